The summed E-state index contributed by atoms with van der Waals surface area (Å²) in [5.74, 6) is 1.67. The molecule has 4 aromatic rings. The lowest BCUT2D eigenvalue weighted by Gasteiger charge is -2.14. The van der Waals surface area contributed by atoms with Crippen LogP contribution in [-0.4, -0.2) is 32.7 Å². The van der Waals surface area contributed by atoms with Crippen LogP contribution < -0.4 is 20.5 Å². The summed E-state index contributed by atoms with van der Waals surface area (Å²) in [6.07, 6.45) is 0.805. The van der Waals surface area contributed by atoms with Crippen LogP contribution in [0.5, 0.6) is 11.5 Å². The number of quaternary nitrogens is 1. The van der Waals surface area contributed by atoms with Crippen molar-refractivity contribution >= 4 is 6.29 Å². The number of carbonyl (C=O) groups is 1. The number of carbonyl (C=O) groups excluding carboxylic acids is 1. The first-order valence-electron chi connectivity index (χ1n) is 12.8. The fraction of sp³-hybridized carbons (Fsp3) is 0.242. The molecule has 0 spiro atoms. The molecule has 216 valence electrons. The third-order valence-corrected chi connectivity index (χ3v) is 5.69. The Kier molecular flexibility index (Phi) is 19.7. The topological polar surface area (TPSA) is 128 Å². The molecule has 0 heterocycles. The summed E-state index contributed by atoms with van der Waals surface area (Å²) in [4.78, 5) is 10.2. The highest BCUT2D eigenvalue weighted by Gasteiger charge is 2.03. The van der Waals surface area contributed by atoms with Gasteiger partial charge in [0, 0.05) is 30.8 Å². The number of ether oxygens (including phenoxy) is 2. The molecule has 40 heavy (non-hydrogen) atoms. The molecule has 4 aromatic carbocycles. The molecule has 0 radical (unpaired) electrons. The van der Waals surface area contributed by atoms with Gasteiger partial charge in [-0.2, -0.15) is 0 Å². The summed E-state index contributed by atoms with van der Waals surface area (Å²) in [6, 6.07) is 36.6. The van der Waals surface area contributed by atoms with Crippen LogP contribution in [-0.2, 0) is 12.0 Å². The molecule has 2 unspecified atom stereocenters. The normalized spacial score (nSPS) is 10.8. The maximum atomic E-state index is 10.2. The maximum Gasteiger partial charge on any atom is 0.150 e. The quantitative estimate of drug-likeness (QED) is 0.216. The zero-order valence-corrected chi connectivity index (χ0v) is 24.3. The van der Waals surface area contributed by atoms with Crippen LogP contribution >= 0.6 is 0 Å². The van der Waals surface area contributed by atoms with Crippen LogP contribution in [0.2, 0.25) is 0 Å². The van der Waals surface area contributed by atoms with Gasteiger partial charge in [0.2, 0.25) is 0 Å². The molecular weight excluding hydrogens is 504 g/mol. The first-order valence-corrected chi connectivity index (χ1v) is 12.8. The van der Waals surface area contributed by atoms with Gasteiger partial charge in [0.15, 0.2) is 0 Å². The van der Waals surface area contributed by atoms with Gasteiger partial charge in [0.1, 0.15) is 23.8 Å². The summed E-state index contributed by atoms with van der Waals surface area (Å²) < 4.78 is 10.0. The highest BCUT2D eigenvalue weighted by molar-refractivity contribution is 5.74. The van der Waals surface area contributed by atoms with E-state index in [4.69, 9.17) is 14.6 Å². The zero-order chi connectivity index (χ0) is 28.9. The van der Waals surface area contributed by atoms with Gasteiger partial charge >= 0.3 is 0 Å². The van der Waals surface area contributed by atoms with E-state index in [0.29, 0.717) is 17.6 Å². The molecule has 0 saturated heterocycles. The van der Waals surface area contributed by atoms with Gasteiger partial charge in [-0.05, 0) is 61.4 Å². The van der Waals surface area contributed by atoms with Crippen LogP contribution in [0.1, 0.15) is 53.0 Å². The second-order valence-electron chi connectivity index (χ2n) is 8.56. The van der Waals surface area contributed by atoms with E-state index in [1.165, 1.54) is 16.7 Å². The van der Waals surface area contributed by atoms with Crippen LogP contribution in [0.3, 0.4) is 0 Å². The molecule has 2 atom stereocenters. The Morgan fingerprint density at radius 2 is 1.15 bits per heavy atom. The molecule has 0 fully saturated rings. The predicted octanol–water partition coefficient (Wildman–Crippen LogP) is 4.73. The number of hydrogen-bond donors (Lipinski definition) is 3. The van der Waals surface area contributed by atoms with Crippen molar-refractivity contribution < 1.29 is 30.6 Å². The van der Waals surface area contributed by atoms with E-state index < -0.39 is 0 Å². The number of hydrogen-bond acceptors (Lipinski definition) is 5. The highest BCUT2D eigenvalue weighted by atomic mass is 16.5. The van der Waals surface area contributed by atoms with Crippen molar-refractivity contribution in [3.63, 3.8) is 0 Å². The number of methoxy groups -OCH3 is 2. The minimum atomic E-state index is 0. The molecule has 0 aliphatic heterocycles. The van der Waals surface area contributed by atoms with Crippen molar-refractivity contribution in [2.45, 2.75) is 32.5 Å². The molecule has 8 N–H and O–H groups in total. The van der Waals surface area contributed by atoms with Crippen LogP contribution in [0.15, 0.2) is 109 Å². The fourth-order valence-corrected chi connectivity index (χ4v) is 3.34. The van der Waals surface area contributed by atoms with Crippen molar-refractivity contribution in [2.75, 3.05) is 21.3 Å². The molecular formula is C33H46N2O5+2. The van der Waals surface area contributed by atoms with Gasteiger partial charge in [0.25, 0.3) is 0 Å². The molecule has 0 aliphatic rings. The van der Waals surface area contributed by atoms with E-state index in [0.717, 1.165) is 31.4 Å². The molecule has 7 nitrogen and oxygen atoms in total. The van der Waals surface area contributed by atoms with Crippen molar-refractivity contribution in [1.29, 1.82) is 0 Å². The van der Waals surface area contributed by atoms with Crippen molar-refractivity contribution in [2.24, 2.45) is 0 Å². The van der Waals surface area contributed by atoms with Gasteiger partial charge in [-0.15, -0.1) is 0 Å². The van der Waals surface area contributed by atoms with Crippen LogP contribution in [0.25, 0.3) is 0 Å². The second-order valence-corrected chi connectivity index (χ2v) is 8.56. The molecule has 7 heteroatoms. The lowest BCUT2D eigenvalue weighted by atomic mass is 10.1. The van der Waals surface area contributed by atoms with Crippen LogP contribution in [0, 0.1) is 0 Å². The molecule has 4 rings (SSSR count). The van der Waals surface area contributed by atoms with Crippen LogP contribution in [0.4, 0.5) is 0 Å². The number of aliphatic hydroxyl groups excluding tert-OH is 1. The average Bonchev–Trinajstić information content (AvgIpc) is 3.02. The summed E-state index contributed by atoms with van der Waals surface area (Å²) in [5.41, 5.74) is 8.45. The van der Waals surface area contributed by atoms with E-state index in [9.17, 15) is 4.79 Å². The smallest absolute Gasteiger partial charge is 0.150 e. The maximum absolute atomic E-state index is 10.2. The van der Waals surface area contributed by atoms with E-state index in [1.54, 1.807) is 38.5 Å². The SMILES string of the molecule is CC([NH3+])c1ccccc1.CO.COc1ccc(C=O)cc1.COc1ccc(CNC(C)c2ccccc2)cc1.[OH3+]. The Hall–Kier alpha value is -4.01. The molecule has 0 aliphatic carbocycles. The number of benzene rings is 4. The van der Waals surface area contributed by atoms with E-state index in [2.05, 4.69) is 73.4 Å². The molecule has 0 bridgehead atoms. The lowest BCUT2D eigenvalue weighted by Crippen LogP contribution is -2.51. The Morgan fingerprint density at radius 1 is 0.725 bits per heavy atom. The van der Waals surface area contributed by atoms with E-state index >= 15 is 0 Å². The zero-order valence-electron chi connectivity index (χ0n) is 24.3. The number of rotatable bonds is 8. The Labute approximate surface area is 238 Å². The van der Waals surface area contributed by atoms with Gasteiger partial charge in [0.05, 0.1) is 14.2 Å². The summed E-state index contributed by atoms with van der Waals surface area (Å²) in [6.45, 7) is 5.13. The predicted molar refractivity (Wildman–Crippen MR) is 164 cm³/mol. The monoisotopic (exact) mass is 550 g/mol. The highest BCUT2D eigenvalue weighted by Crippen LogP contribution is 2.14. The largest absolute Gasteiger partial charge is 0.497 e. The van der Waals surface area contributed by atoms with Crippen molar-refractivity contribution in [3.8, 4) is 11.5 Å². The van der Waals surface area contributed by atoms with Crippen molar-refractivity contribution in [3.05, 3.63) is 131 Å². The summed E-state index contributed by atoms with van der Waals surface area (Å²) in [5, 5.41) is 10.5. The number of nitrogens with one attached hydrogen (secondary N) is 1. The standard InChI is InChI=1S/C16H19NO.C8H11N.C8H8O2.CH4O.H2O/c1-13(15-6-4-3-5-7-15)17-12-14-8-10-16(18-2)11-9-14;1-7(9)8-5-3-2-4-6-8;1-10-8-4-2-7(6-9)3-5-8;1-2;/h3-11,13,17H,12H2,1-2H3;2-7H,9H2,1H3;2-6H,1H3;2H,1H3;1H2/p+2. The van der Waals surface area contributed by atoms with Crippen molar-refractivity contribution in [1.82, 2.24) is 5.32 Å². The van der Waals surface area contributed by atoms with Gasteiger partial charge in [-0.25, -0.2) is 0 Å². The minimum absolute atomic E-state index is 0. The van der Waals surface area contributed by atoms with Gasteiger partial charge in [-0.1, -0.05) is 72.8 Å². The number of aldehydes is 1. The first kappa shape index (κ1) is 36.0. The third-order valence-electron chi connectivity index (χ3n) is 5.69. The second kappa shape index (κ2) is 21.9. The van der Waals surface area contributed by atoms with Gasteiger partial charge < -0.3 is 31.1 Å². The lowest BCUT2D eigenvalue weighted by molar-refractivity contribution is -0.420. The fourth-order valence-electron chi connectivity index (χ4n) is 3.34. The van der Waals surface area contributed by atoms with Gasteiger partial charge in [-0.3, -0.25) is 4.79 Å². The summed E-state index contributed by atoms with van der Waals surface area (Å²) >= 11 is 0. The Balaban J connectivity index is 0.000000590. The molecule has 0 amide bonds. The third kappa shape index (κ3) is 14.2. The molecule has 0 saturated carbocycles. The Bertz CT molecular complexity index is 1140. The molecule has 0 aromatic heterocycles. The average molecular weight is 551 g/mol. The first-order chi connectivity index (χ1) is 19.0. The van der Waals surface area contributed by atoms with E-state index in [-0.39, 0.29) is 5.48 Å². The summed E-state index contributed by atoms with van der Waals surface area (Å²) in [7, 11) is 4.28. The Morgan fingerprint density at radius 3 is 1.52 bits per heavy atom. The van der Waals surface area contributed by atoms with E-state index in [1.807, 2.05) is 36.4 Å². The number of aliphatic hydroxyl groups is 1. The minimum Gasteiger partial charge on any atom is -0.497 e.